The molecule has 0 amide bonds. The van der Waals surface area contributed by atoms with E-state index in [2.05, 4.69) is 10.3 Å². The van der Waals surface area contributed by atoms with Crippen molar-refractivity contribution in [3.05, 3.63) is 34.2 Å². The van der Waals surface area contributed by atoms with Crippen LogP contribution in [0.5, 0.6) is 0 Å². The van der Waals surface area contributed by atoms with Gasteiger partial charge in [-0.25, -0.2) is 0 Å². The zero-order chi connectivity index (χ0) is 14.4. The standard InChI is InChI=1S/C6H7NO.C5H11N.2C2H6/c1-5-2-3-7-6(8)4-5;1-6-5-3-2-4-5;2*1-2/h2-4H,1H3,(H,7,8);5-6H,2-4H2,1H3;2*1-2H3. The Morgan fingerprint density at radius 3 is 1.94 bits per heavy atom. The second kappa shape index (κ2) is 14.0. The SMILES string of the molecule is CC.CC.CNC1CCC1.Cc1cc[nH]c(=O)c1. The Bertz CT molecular complexity index is 314. The third kappa shape index (κ3) is 10.1. The molecule has 0 saturated heterocycles. The lowest BCUT2D eigenvalue weighted by Crippen LogP contribution is -2.31. The first-order valence-electron chi connectivity index (χ1n) is 7.05. The summed E-state index contributed by atoms with van der Waals surface area (Å²) in [4.78, 5) is 13.0. The summed E-state index contributed by atoms with van der Waals surface area (Å²) in [6, 6.07) is 4.27. The second-order valence-corrected chi connectivity index (χ2v) is 3.65. The van der Waals surface area contributed by atoms with Crippen molar-refractivity contribution < 1.29 is 0 Å². The molecule has 1 fully saturated rings. The van der Waals surface area contributed by atoms with Gasteiger partial charge in [0.1, 0.15) is 0 Å². The quantitative estimate of drug-likeness (QED) is 0.805. The van der Waals surface area contributed by atoms with Crippen LogP contribution in [0.1, 0.15) is 52.5 Å². The number of aromatic nitrogens is 1. The summed E-state index contributed by atoms with van der Waals surface area (Å²) in [5.41, 5.74) is 0.957. The maximum atomic E-state index is 10.4. The molecule has 0 atom stereocenters. The molecule has 3 heteroatoms. The van der Waals surface area contributed by atoms with E-state index in [-0.39, 0.29) is 5.56 Å². The molecule has 1 aliphatic carbocycles. The Morgan fingerprint density at radius 1 is 1.22 bits per heavy atom. The fourth-order valence-corrected chi connectivity index (χ4v) is 1.25. The first kappa shape index (κ1) is 19.3. The van der Waals surface area contributed by atoms with E-state index in [9.17, 15) is 4.79 Å². The van der Waals surface area contributed by atoms with Gasteiger partial charge in [0, 0.05) is 18.3 Å². The van der Waals surface area contributed by atoms with E-state index in [0.717, 1.165) is 11.6 Å². The topological polar surface area (TPSA) is 44.9 Å². The molecule has 2 N–H and O–H groups in total. The molecule has 1 aromatic heterocycles. The number of aromatic amines is 1. The number of pyridine rings is 1. The van der Waals surface area contributed by atoms with Gasteiger partial charge >= 0.3 is 0 Å². The Morgan fingerprint density at radius 2 is 1.78 bits per heavy atom. The maximum Gasteiger partial charge on any atom is 0.248 e. The van der Waals surface area contributed by atoms with Crippen LogP contribution in [0, 0.1) is 6.92 Å². The third-order valence-corrected chi connectivity index (χ3v) is 2.44. The molecular formula is C15H30N2O. The summed E-state index contributed by atoms with van der Waals surface area (Å²) in [5, 5.41) is 3.20. The molecule has 2 rings (SSSR count). The third-order valence-electron chi connectivity index (χ3n) is 2.44. The van der Waals surface area contributed by atoms with Gasteiger partial charge in [-0.05, 0) is 38.4 Å². The highest BCUT2D eigenvalue weighted by molar-refractivity contribution is 5.06. The van der Waals surface area contributed by atoms with Gasteiger partial charge in [0.2, 0.25) is 5.56 Å². The molecule has 0 aliphatic heterocycles. The number of hydrogen-bond donors (Lipinski definition) is 2. The van der Waals surface area contributed by atoms with E-state index in [0.29, 0.717) is 0 Å². The van der Waals surface area contributed by atoms with Gasteiger partial charge in [0.05, 0.1) is 0 Å². The molecule has 1 aliphatic rings. The molecule has 0 aromatic carbocycles. The monoisotopic (exact) mass is 254 g/mol. The van der Waals surface area contributed by atoms with Crippen LogP contribution in [0.2, 0.25) is 0 Å². The van der Waals surface area contributed by atoms with Gasteiger partial charge in [0.15, 0.2) is 0 Å². The van der Waals surface area contributed by atoms with Crippen molar-refractivity contribution >= 4 is 0 Å². The number of nitrogens with one attached hydrogen (secondary N) is 2. The maximum absolute atomic E-state index is 10.4. The number of H-pyrrole nitrogens is 1. The van der Waals surface area contributed by atoms with Crippen LogP contribution in [-0.2, 0) is 0 Å². The van der Waals surface area contributed by atoms with Crippen LogP contribution in [0.15, 0.2) is 23.1 Å². The molecule has 1 heterocycles. The van der Waals surface area contributed by atoms with E-state index >= 15 is 0 Å². The predicted octanol–water partition coefficient (Wildman–Crippen LogP) is 3.49. The largest absolute Gasteiger partial charge is 0.329 e. The summed E-state index contributed by atoms with van der Waals surface area (Å²) in [6.07, 6.45) is 5.87. The molecule has 0 radical (unpaired) electrons. The van der Waals surface area contributed by atoms with E-state index in [1.807, 2.05) is 47.7 Å². The summed E-state index contributed by atoms with van der Waals surface area (Å²) in [5.74, 6) is 0. The predicted molar refractivity (Wildman–Crippen MR) is 81.2 cm³/mol. The Hall–Kier alpha value is -1.09. The number of aryl methyl sites for hydroxylation is 1. The highest BCUT2D eigenvalue weighted by atomic mass is 16.1. The lowest BCUT2D eigenvalue weighted by atomic mass is 9.94. The van der Waals surface area contributed by atoms with Crippen molar-refractivity contribution in [2.75, 3.05) is 7.05 Å². The molecular weight excluding hydrogens is 224 g/mol. The van der Waals surface area contributed by atoms with E-state index in [4.69, 9.17) is 0 Å². The average Bonchev–Trinajstić information content (AvgIpc) is 2.33. The zero-order valence-electron chi connectivity index (χ0n) is 12.8. The van der Waals surface area contributed by atoms with Crippen molar-refractivity contribution in [2.24, 2.45) is 0 Å². The molecule has 0 spiro atoms. The Kier molecular flexibility index (Phi) is 14.9. The number of rotatable bonds is 1. The van der Waals surface area contributed by atoms with Gasteiger partial charge < -0.3 is 10.3 Å². The lowest BCUT2D eigenvalue weighted by Gasteiger charge is -2.23. The van der Waals surface area contributed by atoms with Crippen LogP contribution in [-0.4, -0.2) is 18.1 Å². The van der Waals surface area contributed by atoms with Crippen molar-refractivity contribution in [3.8, 4) is 0 Å². The smallest absolute Gasteiger partial charge is 0.248 e. The summed E-state index contributed by atoms with van der Waals surface area (Å²) < 4.78 is 0. The van der Waals surface area contributed by atoms with E-state index < -0.39 is 0 Å². The molecule has 1 saturated carbocycles. The van der Waals surface area contributed by atoms with Crippen LogP contribution in [0.25, 0.3) is 0 Å². The van der Waals surface area contributed by atoms with Crippen molar-refractivity contribution in [2.45, 2.75) is 59.9 Å². The Balaban J connectivity index is 0. The normalized spacial score (nSPS) is 12.6. The molecule has 0 unspecified atom stereocenters. The highest BCUT2D eigenvalue weighted by Gasteiger charge is 2.13. The first-order valence-corrected chi connectivity index (χ1v) is 7.05. The van der Waals surface area contributed by atoms with Gasteiger partial charge in [-0.1, -0.05) is 34.1 Å². The molecule has 18 heavy (non-hydrogen) atoms. The minimum atomic E-state index is -0.0370. The molecule has 1 aromatic rings. The van der Waals surface area contributed by atoms with E-state index in [1.165, 1.54) is 19.3 Å². The fourth-order valence-electron chi connectivity index (χ4n) is 1.25. The van der Waals surface area contributed by atoms with Crippen LogP contribution >= 0.6 is 0 Å². The van der Waals surface area contributed by atoms with Crippen molar-refractivity contribution in [1.82, 2.24) is 10.3 Å². The van der Waals surface area contributed by atoms with Crippen LogP contribution < -0.4 is 10.9 Å². The minimum Gasteiger partial charge on any atom is -0.329 e. The van der Waals surface area contributed by atoms with Gasteiger partial charge in [-0.3, -0.25) is 4.79 Å². The first-order chi connectivity index (χ1) is 8.72. The lowest BCUT2D eigenvalue weighted by molar-refractivity contribution is 0.361. The van der Waals surface area contributed by atoms with E-state index in [1.54, 1.807) is 12.3 Å². The van der Waals surface area contributed by atoms with Crippen molar-refractivity contribution in [1.29, 1.82) is 0 Å². The fraction of sp³-hybridized carbons (Fsp3) is 0.667. The summed E-state index contributed by atoms with van der Waals surface area (Å²) >= 11 is 0. The average molecular weight is 254 g/mol. The number of hydrogen-bond acceptors (Lipinski definition) is 2. The van der Waals surface area contributed by atoms with Crippen molar-refractivity contribution in [3.63, 3.8) is 0 Å². The zero-order valence-corrected chi connectivity index (χ0v) is 12.8. The second-order valence-electron chi connectivity index (χ2n) is 3.65. The van der Waals surface area contributed by atoms with Gasteiger partial charge in [-0.15, -0.1) is 0 Å². The molecule has 3 nitrogen and oxygen atoms in total. The molecule has 106 valence electrons. The minimum absolute atomic E-state index is 0.0370. The van der Waals surface area contributed by atoms with Crippen LogP contribution in [0.3, 0.4) is 0 Å². The Labute approximate surface area is 112 Å². The summed E-state index contributed by atoms with van der Waals surface area (Å²) in [6.45, 7) is 9.88. The highest BCUT2D eigenvalue weighted by Crippen LogP contribution is 2.16. The van der Waals surface area contributed by atoms with Crippen LogP contribution in [0.4, 0.5) is 0 Å². The van der Waals surface area contributed by atoms with Gasteiger partial charge in [-0.2, -0.15) is 0 Å². The van der Waals surface area contributed by atoms with Gasteiger partial charge in [0.25, 0.3) is 0 Å². The summed E-state index contributed by atoms with van der Waals surface area (Å²) in [7, 11) is 2.03. The molecule has 0 bridgehead atoms.